The van der Waals surface area contributed by atoms with Crippen LogP contribution < -0.4 is 0 Å². The van der Waals surface area contributed by atoms with Gasteiger partial charge in [-0.1, -0.05) is 6.92 Å². The minimum atomic E-state index is -1.12. The number of β-lactam (4-membered cyclic amide) rings is 1. The molecular formula is C24H31N5O5S. The van der Waals surface area contributed by atoms with Crippen molar-refractivity contribution in [3.63, 3.8) is 0 Å². The molecule has 1 amide bonds. The van der Waals surface area contributed by atoms with Crippen LogP contribution in [0.25, 0.3) is 0 Å². The third-order valence-corrected chi connectivity index (χ3v) is 9.32. The lowest BCUT2D eigenvalue weighted by molar-refractivity contribution is -0.163. The van der Waals surface area contributed by atoms with Crippen molar-refractivity contribution in [3.05, 3.63) is 34.9 Å². The quantitative estimate of drug-likeness (QED) is 0.414. The Morgan fingerprint density at radius 3 is 2.54 bits per heavy atom. The zero-order valence-electron chi connectivity index (χ0n) is 19.9. The number of hydrogen-bond acceptors (Lipinski definition) is 9. The number of carbonyl (C=O) groups excluding carboxylic acids is 2. The Balaban J connectivity index is 1.27. The summed E-state index contributed by atoms with van der Waals surface area (Å²) in [4.78, 5) is 47.5. The summed E-state index contributed by atoms with van der Waals surface area (Å²) in [5, 5.41) is 24.4. The molecule has 0 spiro atoms. The Hall–Kier alpha value is -2.34. The number of fused-ring (bicyclic) bond motifs is 1. The summed E-state index contributed by atoms with van der Waals surface area (Å²) in [6, 6.07) is 1.23. The van der Waals surface area contributed by atoms with Crippen LogP contribution >= 0.6 is 11.8 Å². The Morgan fingerprint density at radius 2 is 1.94 bits per heavy atom. The van der Waals surface area contributed by atoms with Gasteiger partial charge in [0.1, 0.15) is 17.8 Å². The standard InChI is InChI=1S/C24H31N5O5S/c1-13-19-18(14(2)31)23(32)29(19)20(24(33)34)21(13)35-17-10-16(12-30)28(11-17)27-8-4-15(5-9-27)22-25-6-3-7-26-22/h3,6-7,12-19,31H,4-5,8-11H2,1-2H3,(H,33,34)/t13-,14-,16+,17+,18-,19-/m1/s1. The fourth-order valence-electron chi connectivity index (χ4n) is 6.11. The first-order chi connectivity index (χ1) is 16.8. The average molecular weight is 502 g/mol. The van der Waals surface area contributed by atoms with E-state index in [1.54, 1.807) is 19.3 Å². The number of aliphatic hydroxyl groups is 1. The number of hydrogen-bond donors (Lipinski definition) is 2. The average Bonchev–Trinajstić information content (AvgIpc) is 3.37. The van der Waals surface area contributed by atoms with Gasteiger partial charge in [0.25, 0.3) is 0 Å². The number of aliphatic carboxylic acids is 1. The van der Waals surface area contributed by atoms with E-state index in [0.29, 0.717) is 23.8 Å². The molecule has 3 saturated heterocycles. The van der Waals surface area contributed by atoms with E-state index in [2.05, 4.69) is 20.0 Å². The van der Waals surface area contributed by atoms with Gasteiger partial charge in [-0.25, -0.2) is 24.8 Å². The lowest BCUT2D eigenvalue weighted by Crippen LogP contribution is -2.63. The maximum atomic E-state index is 12.6. The van der Waals surface area contributed by atoms with Crippen LogP contribution in [0.5, 0.6) is 0 Å². The monoisotopic (exact) mass is 501 g/mol. The van der Waals surface area contributed by atoms with Crippen molar-refractivity contribution >= 4 is 29.9 Å². The van der Waals surface area contributed by atoms with E-state index >= 15 is 0 Å². The number of nitrogens with zero attached hydrogens (tertiary/aromatic N) is 5. The molecule has 5 heterocycles. The van der Waals surface area contributed by atoms with Crippen LogP contribution in [0.1, 0.15) is 44.9 Å². The predicted octanol–water partition coefficient (Wildman–Crippen LogP) is 1.10. The number of hydrazine groups is 1. The van der Waals surface area contributed by atoms with Gasteiger partial charge in [-0.3, -0.25) is 4.79 Å². The first-order valence-electron chi connectivity index (χ1n) is 12.2. The Morgan fingerprint density at radius 1 is 1.26 bits per heavy atom. The van der Waals surface area contributed by atoms with Gasteiger partial charge in [-0.05, 0) is 32.3 Å². The van der Waals surface area contributed by atoms with Crippen molar-refractivity contribution in [1.82, 2.24) is 24.9 Å². The van der Waals surface area contributed by atoms with Gasteiger partial charge in [0.15, 0.2) is 0 Å². The topological polar surface area (TPSA) is 127 Å². The highest BCUT2D eigenvalue weighted by Crippen LogP contribution is 2.52. The zero-order valence-corrected chi connectivity index (χ0v) is 20.7. The first kappa shape index (κ1) is 24.4. The summed E-state index contributed by atoms with van der Waals surface area (Å²) in [6.45, 7) is 5.77. The summed E-state index contributed by atoms with van der Waals surface area (Å²) < 4.78 is 0. The molecule has 0 aliphatic carbocycles. The van der Waals surface area contributed by atoms with Gasteiger partial charge < -0.3 is 19.9 Å². The van der Waals surface area contributed by atoms with E-state index < -0.39 is 18.0 Å². The minimum absolute atomic E-state index is 0.0333. The molecule has 10 nitrogen and oxygen atoms in total. The van der Waals surface area contributed by atoms with Gasteiger partial charge in [0.2, 0.25) is 5.91 Å². The summed E-state index contributed by atoms with van der Waals surface area (Å²) in [7, 11) is 0. The largest absolute Gasteiger partial charge is 0.477 e. The fraction of sp³-hybridized carbons (Fsp3) is 0.625. The summed E-state index contributed by atoms with van der Waals surface area (Å²) in [5.41, 5.74) is 0.0409. The molecule has 3 fully saturated rings. The van der Waals surface area contributed by atoms with Crippen LogP contribution in [0.15, 0.2) is 29.1 Å². The molecule has 1 aromatic heterocycles. The number of aldehydes is 1. The minimum Gasteiger partial charge on any atom is -0.477 e. The number of carbonyl (C=O) groups is 3. The number of thioether (sulfide) groups is 1. The highest BCUT2D eigenvalue weighted by atomic mass is 32.2. The molecule has 11 heteroatoms. The maximum Gasteiger partial charge on any atom is 0.353 e. The smallest absolute Gasteiger partial charge is 0.353 e. The third-order valence-electron chi connectivity index (χ3n) is 7.83. The van der Waals surface area contributed by atoms with Crippen molar-refractivity contribution in [3.8, 4) is 0 Å². The van der Waals surface area contributed by atoms with E-state index in [0.717, 1.165) is 38.0 Å². The maximum absolute atomic E-state index is 12.6. The van der Waals surface area contributed by atoms with Gasteiger partial charge in [0.05, 0.1) is 24.1 Å². The van der Waals surface area contributed by atoms with Gasteiger partial charge in [-0.15, -0.1) is 11.8 Å². The first-order valence-corrected chi connectivity index (χ1v) is 13.1. The molecule has 35 heavy (non-hydrogen) atoms. The molecule has 4 aliphatic rings. The van der Waals surface area contributed by atoms with Crippen LogP contribution in [-0.2, 0) is 14.4 Å². The Kier molecular flexibility index (Phi) is 6.69. The van der Waals surface area contributed by atoms with Crippen molar-refractivity contribution < 1.29 is 24.6 Å². The van der Waals surface area contributed by atoms with E-state index in [1.807, 2.05) is 13.0 Å². The number of piperidine rings is 1. The van der Waals surface area contributed by atoms with E-state index in [1.165, 1.54) is 16.7 Å². The van der Waals surface area contributed by atoms with E-state index in [9.17, 15) is 24.6 Å². The predicted molar refractivity (Wildman–Crippen MR) is 128 cm³/mol. The summed E-state index contributed by atoms with van der Waals surface area (Å²) in [5.74, 6) is -1.02. The van der Waals surface area contributed by atoms with Crippen molar-refractivity contribution in [2.75, 3.05) is 19.6 Å². The van der Waals surface area contributed by atoms with Crippen LogP contribution in [0.2, 0.25) is 0 Å². The summed E-state index contributed by atoms with van der Waals surface area (Å²) in [6.07, 6.45) is 6.14. The van der Waals surface area contributed by atoms with Crippen molar-refractivity contribution in [2.45, 2.75) is 62.5 Å². The molecule has 0 radical (unpaired) electrons. The van der Waals surface area contributed by atoms with Gasteiger partial charge >= 0.3 is 5.97 Å². The molecule has 0 saturated carbocycles. The van der Waals surface area contributed by atoms with Crippen LogP contribution in [0.4, 0.5) is 0 Å². The lowest BCUT2D eigenvalue weighted by atomic mass is 9.79. The molecule has 0 unspecified atom stereocenters. The molecule has 2 N–H and O–H groups in total. The number of carboxylic acids is 1. The second kappa shape index (κ2) is 9.61. The fourth-order valence-corrected chi connectivity index (χ4v) is 7.64. The number of carboxylic acid groups (broad SMARTS) is 1. The number of amides is 1. The number of rotatable bonds is 7. The zero-order chi connectivity index (χ0) is 24.9. The molecule has 0 bridgehead atoms. The Labute approximate surface area is 208 Å². The number of aromatic nitrogens is 2. The molecule has 0 aromatic carbocycles. The van der Waals surface area contributed by atoms with Gasteiger partial charge in [-0.2, -0.15) is 0 Å². The SMILES string of the molecule is C[C@@H](O)[C@H]1C(=O)N2C(C(=O)O)=C(S[C@H]3C[C@@H](C=O)N(N4CCC(c5ncccn5)CC4)C3)[C@H](C)[C@H]12. The summed E-state index contributed by atoms with van der Waals surface area (Å²) >= 11 is 1.48. The molecule has 5 rings (SSSR count). The van der Waals surface area contributed by atoms with Crippen molar-refractivity contribution in [2.24, 2.45) is 11.8 Å². The van der Waals surface area contributed by atoms with Crippen LogP contribution in [0.3, 0.4) is 0 Å². The highest BCUT2D eigenvalue weighted by molar-refractivity contribution is 8.03. The van der Waals surface area contributed by atoms with Gasteiger partial charge in [0, 0.05) is 54.0 Å². The third kappa shape index (κ3) is 4.18. The number of aliphatic hydroxyl groups excluding tert-OH is 1. The van der Waals surface area contributed by atoms with Crippen LogP contribution in [-0.4, -0.2) is 96.3 Å². The lowest BCUT2D eigenvalue weighted by Gasteiger charge is -2.46. The molecule has 6 atom stereocenters. The Bertz CT molecular complexity index is 1030. The van der Waals surface area contributed by atoms with Crippen LogP contribution in [0, 0.1) is 11.8 Å². The molecule has 188 valence electrons. The van der Waals surface area contributed by atoms with E-state index in [-0.39, 0.29) is 34.9 Å². The highest BCUT2D eigenvalue weighted by Gasteiger charge is 2.60. The normalized spacial score (nSPS) is 33.1. The molecule has 4 aliphatic heterocycles. The second-order valence-corrected chi connectivity index (χ2v) is 11.3. The van der Waals surface area contributed by atoms with Crippen molar-refractivity contribution in [1.29, 1.82) is 0 Å². The molecular weight excluding hydrogens is 470 g/mol. The molecule has 1 aromatic rings. The second-order valence-electron chi connectivity index (χ2n) is 9.91. The van der Waals surface area contributed by atoms with E-state index in [4.69, 9.17) is 0 Å².